The summed E-state index contributed by atoms with van der Waals surface area (Å²) >= 11 is 0. The van der Waals surface area contributed by atoms with Crippen molar-refractivity contribution in [1.82, 2.24) is 4.98 Å². The number of fused-ring (bicyclic) bond motifs is 1. The molecule has 3 heteroatoms. The normalized spacial score (nSPS) is 17.5. The first kappa shape index (κ1) is 17.2. The van der Waals surface area contributed by atoms with Crippen molar-refractivity contribution in [1.29, 1.82) is 0 Å². The van der Waals surface area contributed by atoms with E-state index in [0.29, 0.717) is 6.61 Å². The molecule has 2 heterocycles. The van der Waals surface area contributed by atoms with Crippen molar-refractivity contribution in [3.8, 4) is 0 Å². The Balaban J connectivity index is 1.46. The molecule has 0 amide bonds. The lowest BCUT2D eigenvalue weighted by molar-refractivity contribution is -0.161. The molecule has 1 saturated heterocycles. The molecule has 1 aliphatic heterocycles. The van der Waals surface area contributed by atoms with Crippen molar-refractivity contribution >= 4 is 10.8 Å². The summed E-state index contributed by atoms with van der Waals surface area (Å²) in [5.41, 5.74) is 3.79. The van der Waals surface area contributed by atoms with Crippen LogP contribution in [0.5, 0.6) is 0 Å². The van der Waals surface area contributed by atoms with Gasteiger partial charge in [0.15, 0.2) is 6.29 Å². The highest BCUT2D eigenvalue weighted by atomic mass is 16.7. The van der Waals surface area contributed by atoms with Crippen molar-refractivity contribution in [2.75, 3.05) is 13.2 Å². The molecule has 1 aliphatic rings. The standard InChI is InChI=1S/C23H25NO2/c1-2-9-20(17-22-21-10-4-3-8-19(21)12-14-24-22)18(7-1)13-16-26-23-11-5-6-15-25-23/h1-4,7-10,12,14,23H,5-6,11,13,15-17H2. The fraction of sp³-hybridized carbons (Fsp3) is 0.348. The first-order valence-electron chi connectivity index (χ1n) is 9.53. The van der Waals surface area contributed by atoms with E-state index < -0.39 is 0 Å². The van der Waals surface area contributed by atoms with Gasteiger partial charge in [-0.15, -0.1) is 0 Å². The molecule has 1 aromatic heterocycles. The number of rotatable bonds is 6. The van der Waals surface area contributed by atoms with Crippen molar-refractivity contribution < 1.29 is 9.47 Å². The van der Waals surface area contributed by atoms with Crippen molar-refractivity contribution in [2.24, 2.45) is 0 Å². The Morgan fingerprint density at radius 2 is 1.81 bits per heavy atom. The molecule has 0 saturated carbocycles. The SMILES string of the molecule is c1ccc(Cc2nccc3ccccc23)c(CCOC2CCCCO2)c1. The van der Waals surface area contributed by atoms with E-state index in [-0.39, 0.29) is 6.29 Å². The van der Waals surface area contributed by atoms with E-state index in [1.165, 1.54) is 28.3 Å². The van der Waals surface area contributed by atoms with Gasteiger partial charge < -0.3 is 9.47 Å². The highest BCUT2D eigenvalue weighted by Crippen LogP contribution is 2.21. The second kappa shape index (κ2) is 8.43. The van der Waals surface area contributed by atoms with Gasteiger partial charge in [0, 0.05) is 24.6 Å². The van der Waals surface area contributed by atoms with Gasteiger partial charge in [-0.3, -0.25) is 4.98 Å². The van der Waals surface area contributed by atoms with E-state index in [1.807, 2.05) is 6.20 Å². The Morgan fingerprint density at radius 3 is 2.69 bits per heavy atom. The monoisotopic (exact) mass is 347 g/mol. The fourth-order valence-corrected chi connectivity index (χ4v) is 3.62. The van der Waals surface area contributed by atoms with E-state index in [1.54, 1.807) is 0 Å². The Bertz CT molecular complexity index is 850. The highest BCUT2D eigenvalue weighted by molar-refractivity contribution is 5.84. The minimum Gasteiger partial charge on any atom is -0.353 e. The van der Waals surface area contributed by atoms with Crippen LogP contribution in [0.3, 0.4) is 0 Å². The second-order valence-corrected chi connectivity index (χ2v) is 6.84. The average molecular weight is 347 g/mol. The van der Waals surface area contributed by atoms with Gasteiger partial charge >= 0.3 is 0 Å². The largest absolute Gasteiger partial charge is 0.353 e. The molecule has 1 atom stereocenters. The molecular formula is C23H25NO2. The summed E-state index contributed by atoms with van der Waals surface area (Å²) in [4.78, 5) is 4.65. The number of hydrogen-bond donors (Lipinski definition) is 0. The first-order valence-corrected chi connectivity index (χ1v) is 9.53. The van der Waals surface area contributed by atoms with Crippen LogP contribution in [0.25, 0.3) is 10.8 Å². The lowest BCUT2D eigenvalue weighted by atomic mass is 9.98. The minimum atomic E-state index is -0.0179. The lowest BCUT2D eigenvalue weighted by Gasteiger charge is -2.22. The zero-order valence-electron chi connectivity index (χ0n) is 15.1. The summed E-state index contributed by atoms with van der Waals surface area (Å²) in [5, 5.41) is 2.48. The third-order valence-electron chi connectivity index (χ3n) is 5.05. The van der Waals surface area contributed by atoms with Crippen molar-refractivity contribution in [2.45, 2.75) is 38.4 Å². The number of ether oxygens (including phenoxy) is 2. The zero-order chi connectivity index (χ0) is 17.6. The van der Waals surface area contributed by atoms with Gasteiger partial charge in [0.1, 0.15) is 0 Å². The second-order valence-electron chi connectivity index (χ2n) is 6.84. The van der Waals surface area contributed by atoms with Crippen LogP contribution >= 0.6 is 0 Å². The molecule has 1 fully saturated rings. The molecule has 2 aromatic carbocycles. The van der Waals surface area contributed by atoms with Crippen LogP contribution in [-0.2, 0) is 22.3 Å². The molecule has 0 spiro atoms. The van der Waals surface area contributed by atoms with E-state index in [4.69, 9.17) is 9.47 Å². The van der Waals surface area contributed by atoms with Crippen molar-refractivity contribution in [3.63, 3.8) is 0 Å². The topological polar surface area (TPSA) is 31.4 Å². The summed E-state index contributed by atoms with van der Waals surface area (Å²) in [6, 6.07) is 19.1. The molecule has 26 heavy (non-hydrogen) atoms. The van der Waals surface area contributed by atoms with Crippen LogP contribution in [0.1, 0.15) is 36.1 Å². The maximum atomic E-state index is 5.92. The van der Waals surface area contributed by atoms with Crippen LogP contribution in [0.2, 0.25) is 0 Å². The van der Waals surface area contributed by atoms with Crippen LogP contribution in [-0.4, -0.2) is 24.5 Å². The summed E-state index contributed by atoms with van der Waals surface area (Å²) in [5.74, 6) is 0. The predicted octanol–water partition coefficient (Wildman–Crippen LogP) is 4.91. The fourth-order valence-electron chi connectivity index (χ4n) is 3.62. The van der Waals surface area contributed by atoms with Gasteiger partial charge in [-0.25, -0.2) is 0 Å². The van der Waals surface area contributed by atoms with Crippen LogP contribution in [0, 0.1) is 0 Å². The lowest BCUT2D eigenvalue weighted by Crippen LogP contribution is -2.23. The van der Waals surface area contributed by atoms with Gasteiger partial charge in [0.05, 0.1) is 12.3 Å². The van der Waals surface area contributed by atoms with Crippen LogP contribution in [0.4, 0.5) is 0 Å². The van der Waals surface area contributed by atoms with E-state index in [2.05, 4.69) is 59.6 Å². The molecule has 3 aromatic rings. The summed E-state index contributed by atoms with van der Waals surface area (Å²) in [6.07, 6.45) is 7.01. The zero-order valence-corrected chi connectivity index (χ0v) is 15.1. The van der Waals surface area contributed by atoms with Gasteiger partial charge in [-0.2, -0.15) is 0 Å². The van der Waals surface area contributed by atoms with Crippen molar-refractivity contribution in [3.05, 3.63) is 77.6 Å². The first-order chi connectivity index (χ1) is 12.9. The van der Waals surface area contributed by atoms with Gasteiger partial charge in [-0.1, -0.05) is 48.5 Å². The third-order valence-corrected chi connectivity index (χ3v) is 5.05. The average Bonchev–Trinajstić information content (AvgIpc) is 2.70. The molecule has 0 N–H and O–H groups in total. The smallest absolute Gasteiger partial charge is 0.157 e. The van der Waals surface area contributed by atoms with Crippen LogP contribution in [0.15, 0.2) is 60.8 Å². The highest BCUT2D eigenvalue weighted by Gasteiger charge is 2.14. The Labute approximate surface area is 155 Å². The molecule has 0 radical (unpaired) electrons. The number of hydrogen-bond acceptors (Lipinski definition) is 3. The summed E-state index contributed by atoms with van der Waals surface area (Å²) < 4.78 is 11.6. The quantitative estimate of drug-likeness (QED) is 0.635. The van der Waals surface area contributed by atoms with Gasteiger partial charge in [0.25, 0.3) is 0 Å². The number of nitrogens with zero attached hydrogens (tertiary/aromatic N) is 1. The van der Waals surface area contributed by atoms with Gasteiger partial charge in [-0.05, 0) is 48.3 Å². The molecule has 0 aliphatic carbocycles. The van der Waals surface area contributed by atoms with E-state index in [9.17, 15) is 0 Å². The third kappa shape index (κ3) is 4.12. The Kier molecular flexibility index (Phi) is 5.58. The number of pyridine rings is 1. The summed E-state index contributed by atoms with van der Waals surface area (Å²) in [6.45, 7) is 1.53. The van der Waals surface area contributed by atoms with E-state index >= 15 is 0 Å². The predicted molar refractivity (Wildman–Crippen MR) is 104 cm³/mol. The molecular weight excluding hydrogens is 322 g/mol. The Morgan fingerprint density at radius 1 is 0.962 bits per heavy atom. The molecule has 1 unspecified atom stereocenters. The van der Waals surface area contributed by atoms with E-state index in [0.717, 1.165) is 38.0 Å². The maximum absolute atomic E-state index is 5.92. The summed E-state index contributed by atoms with van der Waals surface area (Å²) in [7, 11) is 0. The van der Waals surface area contributed by atoms with Gasteiger partial charge in [0.2, 0.25) is 0 Å². The molecule has 3 nitrogen and oxygen atoms in total. The molecule has 134 valence electrons. The number of benzene rings is 2. The molecule has 0 bridgehead atoms. The van der Waals surface area contributed by atoms with Crippen LogP contribution < -0.4 is 0 Å². The molecule has 4 rings (SSSR count). The number of aromatic nitrogens is 1. The maximum Gasteiger partial charge on any atom is 0.157 e. The minimum absolute atomic E-state index is 0.0179. The Hall–Kier alpha value is -2.23.